The van der Waals surface area contributed by atoms with Gasteiger partial charge in [0, 0.05) is 0 Å². The lowest BCUT2D eigenvalue weighted by Gasteiger charge is -2.40. The van der Waals surface area contributed by atoms with Crippen LogP contribution in [0.1, 0.15) is 0 Å². The maximum Gasteiger partial charge on any atom is 0.397 e. The van der Waals surface area contributed by atoms with Crippen LogP contribution in [0.3, 0.4) is 0 Å². The minimum absolute atomic E-state index is 0.977. The van der Waals surface area contributed by atoms with E-state index in [1.807, 2.05) is 0 Å². The molecule has 1 aliphatic heterocycles. The fourth-order valence-electron chi connectivity index (χ4n) is 1.56. The van der Waals surface area contributed by atoms with Crippen LogP contribution in [0, 0.1) is 0 Å². The summed E-state index contributed by atoms with van der Waals surface area (Å²) in [6, 6.07) is 0. The third-order valence-electron chi connectivity index (χ3n) is 2.28. The third kappa shape index (κ3) is 4.85. The summed E-state index contributed by atoms with van der Waals surface area (Å²) in [4.78, 5) is 0. The number of hydrogen-bond acceptors (Lipinski definition) is 10. The summed E-state index contributed by atoms with van der Waals surface area (Å²) >= 11 is 0. The van der Waals surface area contributed by atoms with E-state index >= 15 is 0 Å². The molecular weight excluding hydrogens is 328 g/mol. The van der Waals surface area contributed by atoms with Gasteiger partial charge in [0.2, 0.25) is 0 Å². The molecule has 1 fully saturated rings. The topological polar surface area (TPSA) is 197 Å². The summed E-state index contributed by atoms with van der Waals surface area (Å²) in [5, 5.41) is 27.7. The van der Waals surface area contributed by atoms with Gasteiger partial charge < -0.3 is 20.1 Å². The highest BCUT2D eigenvalue weighted by atomic mass is 32.3. The van der Waals surface area contributed by atoms with Gasteiger partial charge in [0.15, 0.2) is 6.29 Å². The number of aliphatic hydroxyl groups is 3. The zero-order valence-corrected chi connectivity index (χ0v) is 11.1. The van der Waals surface area contributed by atoms with Crippen molar-refractivity contribution in [2.24, 2.45) is 0 Å². The van der Waals surface area contributed by atoms with E-state index in [1.54, 1.807) is 0 Å². The first-order valence-corrected chi connectivity index (χ1v) is 7.61. The first kappa shape index (κ1) is 17.6. The quantitative estimate of drug-likeness (QED) is 0.309. The molecule has 12 nitrogen and oxygen atoms in total. The lowest BCUT2D eigenvalue weighted by Crippen LogP contribution is -2.61. The number of ether oxygens (including phenoxy) is 1. The van der Waals surface area contributed by atoms with Crippen LogP contribution in [-0.4, -0.2) is 78.6 Å². The summed E-state index contributed by atoms with van der Waals surface area (Å²) in [5.41, 5.74) is 0. The summed E-state index contributed by atoms with van der Waals surface area (Å²) in [6.07, 6.45) is -10.1. The van der Waals surface area contributed by atoms with E-state index in [9.17, 15) is 27.0 Å². The van der Waals surface area contributed by atoms with Crippen molar-refractivity contribution in [3.8, 4) is 0 Å². The second kappa shape index (κ2) is 6.14. The Morgan fingerprint density at radius 3 is 1.80 bits per heavy atom. The van der Waals surface area contributed by atoms with Crippen LogP contribution in [-0.2, 0) is 33.9 Å². The van der Waals surface area contributed by atoms with E-state index in [4.69, 9.17) is 14.2 Å². The van der Waals surface area contributed by atoms with Crippen molar-refractivity contribution in [1.29, 1.82) is 0 Å². The minimum atomic E-state index is -5.16. The standard InChI is InChI=1S/C6H12O12S2/c7-1-2-4(17-19(10,11)12)5(18-20(13,14)15)3(8)6(9)16-2/h2-9H,1H2,(H,10,11,12)(H,13,14,15)/t2-,3+,4-,5+,6+/m1/s1. The van der Waals surface area contributed by atoms with Crippen LogP contribution in [0.15, 0.2) is 0 Å². The van der Waals surface area contributed by atoms with Gasteiger partial charge in [-0.05, 0) is 0 Å². The molecule has 1 aliphatic rings. The van der Waals surface area contributed by atoms with Gasteiger partial charge in [-0.15, -0.1) is 0 Å². The Hall–Kier alpha value is -0.420. The zero-order chi connectivity index (χ0) is 15.7. The van der Waals surface area contributed by atoms with Gasteiger partial charge in [-0.2, -0.15) is 16.8 Å². The third-order valence-corrected chi connectivity index (χ3v) is 3.21. The van der Waals surface area contributed by atoms with Gasteiger partial charge in [-0.3, -0.25) is 9.11 Å². The smallest absolute Gasteiger partial charge is 0.394 e. The zero-order valence-electron chi connectivity index (χ0n) is 9.50. The fraction of sp³-hybridized carbons (Fsp3) is 1.00. The van der Waals surface area contributed by atoms with Gasteiger partial charge in [0.1, 0.15) is 24.4 Å². The maximum absolute atomic E-state index is 10.6. The average molecular weight is 340 g/mol. The van der Waals surface area contributed by atoms with Crippen molar-refractivity contribution in [3.05, 3.63) is 0 Å². The molecule has 0 spiro atoms. The lowest BCUT2D eigenvalue weighted by atomic mass is 9.99. The van der Waals surface area contributed by atoms with E-state index in [2.05, 4.69) is 13.1 Å². The van der Waals surface area contributed by atoms with Crippen molar-refractivity contribution in [2.45, 2.75) is 30.7 Å². The van der Waals surface area contributed by atoms with Crippen LogP contribution in [0.25, 0.3) is 0 Å². The molecule has 1 rings (SSSR count). The van der Waals surface area contributed by atoms with E-state index in [-0.39, 0.29) is 0 Å². The highest BCUT2D eigenvalue weighted by Crippen LogP contribution is 2.26. The number of rotatable bonds is 5. The second-order valence-electron chi connectivity index (χ2n) is 3.72. The van der Waals surface area contributed by atoms with Crippen LogP contribution in [0.5, 0.6) is 0 Å². The van der Waals surface area contributed by atoms with Crippen molar-refractivity contribution >= 4 is 20.8 Å². The van der Waals surface area contributed by atoms with Crippen LogP contribution >= 0.6 is 0 Å². The SMILES string of the molecule is O=S(=O)(O)O[C@H]1[C@H](O)[C@@H](O)O[C@H](CO)[C@H]1OS(=O)(=O)O. The monoisotopic (exact) mass is 340 g/mol. The highest BCUT2D eigenvalue weighted by molar-refractivity contribution is 7.81. The molecule has 0 amide bonds. The first-order valence-electron chi connectivity index (χ1n) is 4.88. The fourth-order valence-corrected chi connectivity index (χ4v) is 2.58. The Morgan fingerprint density at radius 2 is 1.40 bits per heavy atom. The second-order valence-corrected chi connectivity index (χ2v) is 5.81. The van der Waals surface area contributed by atoms with Crippen LogP contribution in [0.4, 0.5) is 0 Å². The molecule has 0 unspecified atom stereocenters. The molecule has 0 saturated carbocycles. The van der Waals surface area contributed by atoms with E-state index < -0.39 is 58.1 Å². The van der Waals surface area contributed by atoms with Crippen molar-refractivity contribution in [2.75, 3.05) is 6.61 Å². The first-order chi connectivity index (χ1) is 8.94. The van der Waals surface area contributed by atoms with Crippen LogP contribution < -0.4 is 0 Å². The molecule has 20 heavy (non-hydrogen) atoms. The summed E-state index contributed by atoms with van der Waals surface area (Å²) < 4.78 is 72.2. The predicted octanol–water partition coefficient (Wildman–Crippen LogP) is -3.57. The Morgan fingerprint density at radius 1 is 0.950 bits per heavy atom. The molecule has 0 aliphatic carbocycles. The molecule has 120 valence electrons. The Kier molecular flexibility index (Phi) is 5.41. The van der Waals surface area contributed by atoms with E-state index in [0.29, 0.717) is 0 Å². The Balaban J connectivity index is 3.12. The van der Waals surface area contributed by atoms with Gasteiger partial charge in [-0.25, -0.2) is 8.37 Å². The average Bonchev–Trinajstić information content (AvgIpc) is 2.25. The minimum Gasteiger partial charge on any atom is -0.394 e. The molecule has 0 aromatic carbocycles. The number of aliphatic hydroxyl groups excluding tert-OH is 3. The van der Waals surface area contributed by atoms with Crippen LogP contribution in [0.2, 0.25) is 0 Å². The normalized spacial score (nSPS) is 36.0. The van der Waals surface area contributed by atoms with Gasteiger partial charge >= 0.3 is 20.8 Å². The van der Waals surface area contributed by atoms with E-state index in [1.165, 1.54) is 0 Å². The summed E-state index contributed by atoms with van der Waals surface area (Å²) in [7, 11) is -10.3. The molecule has 14 heteroatoms. The van der Waals surface area contributed by atoms with Gasteiger partial charge in [0.25, 0.3) is 0 Å². The molecule has 0 bridgehead atoms. The largest absolute Gasteiger partial charge is 0.397 e. The van der Waals surface area contributed by atoms with Gasteiger partial charge in [0.05, 0.1) is 6.61 Å². The predicted molar refractivity (Wildman–Crippen MR) is 56.8 cm³/mol. The lowest BCUT2D eigenvalue weighted by molar-refractivity contribution is -0.277. The molecule has 0 aromatic heterocycles. The van der Waals surface area contributed by atoms with Crippen molar-refractivity contribution in [3.63, 3.8) is 0 Å². The molecule has 5 atom stereocenters. The summed E-state index contributed by atoms with van der Waals surface area (Å²) in [5.74, 6) is 0. The molecule has 1 heterocycles. The number of hydrogen-bond donors (Lipinski definition) is 5. The molecule has 0 aromatic rings. The van der Waals surface area contributed by atoms with Gasteiger partial charge in [-0.1, -0.05) is 0 Å². The maximum atomic E-state index is 10.6. The molecule has 1 saturated heterocycles. The molecule has 0 radical (unpaired) electrons. The molecule has 5 N–H and O–H groups in total. The highest BCUT2D eigenvalue weighted by Gasteiger charge is 2.49. The Labute approximate surface area is 113 Å². The van der Waals surface area contributed by atoms with Crippen molar-refractivity contribution < 1.29 is 54.4 Å². The summed E-state index contributed by atoms with van der Waals surface area (Å²) in [6.45, 7) is -0.977. The van der Waals surface area contributed by atoms with E-state index in [0.717, 1.165) is 0 Å². The van der Waals surface area contributed by atoms with Crippen molar-refractivity contribution in [1.82, 2.24) is 0 Å². The Bertz CT molecular complexity index is 490. The molecular formula is C6H12O12S2.